The van der Waals surface area contributed by atoms with Gasteiger partial charge in [0.05, 0.1) is 19.3 Å². The van der Waals surface area contributed by atoms with E-state index in [1.165, 1.54) is 13.2 Å². The Morgan fingerprint density at radius 3 is 2.59 bits per heavy atom. The van der Waals surface area contributed by atoms with Crippen LogP contribution in [0, 0.1) is 23.7 Å². The largest absolute Gasteiger partial charge is 0.466 e. The van der Waals surface area contributed by atoms with Gasteiger partial charge in [-0.2, -0.15) is 0 Å². The number of carbonyl (C=O) groups is 2. The summed E-state index contributed by atoms with van der Waals surface area (Å²) in [5, 5.41) is 34.9. The van der Waals surface area contributed by atoms with Crippen LogP contribution in [0.15, 0.2) is 35.5 Å². The number of aliphatic hydroxyl groups is 3. The maximum Gasteiger partial charge on any atom is 0.330 e. The molecule has 0 spiro atoms. The molecule has 1 aliphatic heterocycles. The zero-order chi connectivity index (χ0) is 24.2. The number of hydrogen-bond donors (Lipinski definition) is 4. The number of amides is 1. The number of nitrogens with one attached hydrogen (secondary N) is 1. The second kappa shape index (κ2) is 10.8. The molecule has 0 aromatic rings. The first kappa shape index (κ1) is 26.3. The van der Waals surface area contributed by atoms with Crippen molar-refractivity contribution in [2.75, 3.05) is 7.11 Å². The van der Waals surface area contributed by atoms with Gasteiger partial charge in [-0.1, -0.05) is 44.1 Å². The van der Waals surface area contributed by atoms with Crippen molar-refractivity contribution in [1.29, 1.82) is 0 Å². The van der Waals surface area contributed by atoms with Gasteiger partial charge in [0.15, 0.2) is 5.60 Å². The van der Waals surface area contributed by atoms with Crippen molar-refractivity contribution >= 4 is 11.9 Å². The van der Waals surface area contributed by atoms with Crippen molar-refractivity contribution in [3.8, 4) is 0 Å². The van der Waals surface area contributed by atoms with E-state index in [0.717, 1.165) is 23.6 Å². The van der Waals surface area contributed by atoms with Crippen LogP contribution in [0.5, 0.6) is 0 Å². The molecule has 0 unspecified atom stereocenters. The first-order valence-electron chi connectivity index (χ1n) is 11.4. The molecule has 2 aliphatic rings. The van der Waals surface area contributed by atoms with Gasteiger partial charge in [-0.15, -0.1) is 0 Å². The Morgan fingerprint density at radius 1 is 1.34 bits per heavy atom. The van der Waals surface area contributed by atoms with E-state index in [0.29, 0.717) is 12.3 Å². The van der Waals surface area contributed by atoms with Crippen LogP contribution in [0.2, 0.25) is 0 Å². The van der Waals surface area contributed by atoms with Crippen LogP contribution < -0.4 is 5.32 Å². The predicted molar refractivity (Wildman–Crippen MR) is 122 cm³/mol. The van der Waals surface area contributed by atoms with Crippen molar-refractivity contribution in [3.05, 3.63) is 35.5 Å². The van der Waals surface area contributed by atoms with Crippen LogP contribution >= 0.6 is 0 Å². The van der Waals surface area contributed by atoms with Crippen LogP contribution in [0.1, 0.15) is 53.9 Å². The molecule has 0 bridgehead atoms. The van der Waals surface area contributed by atoms with Crippen LogP contribution in [0.3, 0.4) is 0 Å². The number of aliphatic hydroxyl groups excluding tert-OH is 2. The normalized spacial score (nSPS) is 32.5. The summed E-state index contributed by atoms with van der Waals surface area (Å²) in [5.74, 6) is -1.09. The molecule has 7 nitrogen and oxygen atoms in total. The minimum Gasteiger partial charge on any atom is -0.466 e. The molecular weight excluding hydrogens is 410 g/mol. The van der Waals surface area contributed by atoms with Gasteiger partial charge < -0.3 is 25.4 Å². The fourth-order valence-corrected chi connectivity index (χ4v) is 4.98. The van der Waals surface area contributed by atoms with Gasteiger partial charge >= 0.3 is 5.97 Å². The van der Waals surface area contributed by atoms with Crippen LogP contribution in [-0.2, 0) is 14.3 Å². The van der Waals surface area contributed by atoms with Crippen molar-refractivity contribution in [2.45, 2.75) is 77.7 Å². The lowest BCUT2D eigenvalue weighted by molar-refractivity contribution is -0.143. The first-order chi connectivity index (χ1) is 14.9. The lowest BCUT2D eigenvalue weighted by Gasteiger charge is -2.42. The quantitative estimate of drug-likeness (QED) is 0.244. The van der Waals surface area contributed by atoms with Gasteiger partial charge in [0.1, 0.15) is 0 Å². The molecule has 2 rings (SSSR count). The topological polar surface area (TPSA) is 116 Å². The highest BCUT2D eigenvalue weighted by Crippen LogP contribution is 2.48. The smallest absolute Gasteiger partial charge is 0.330 e. The fourth-order valence-electron chi connectivity index (χ4n) is 4.98. The molecule has 7 heteroatoms. The Hall–Kier alpha value is -1.96. The standard InChI is InChI=1S/C25H39NO6/c1-14(2)11-19-23-17(5)16(4)13-18(25(23,31)24(30)26-19)12-15(3)7-8-20(27)21(28)9-10-22(29)32-6/h9-10,12-14,17-21,23,27-28,31H,7-8,11H2,1-6H3,(H,26,30)/b10-9+,15-12+/t17-,18+,19-,20+,21-,23+,25+/m0/s1. The van der Waals surface area contributed by atoms with Gasteiger partial charge in [0.2, 0.25) is 0 Å². The number of hydrogen-bond acceptors (Lipinski definition) is 6. The van der Waals surface area contributed by atoms with Crippen LogP contribution in [0.4, 0.5) is 0 Å². The van der Waals surface area contributed by atoms with Gasteiger partial charge in [-0.05, 0) is 51.0 Å². The highest BCUT2D eigenvalue weighted by Gasteiger charge is 2.60. The third kappa shape index (κ3) is 5.69. The summed E-state index contributed by atoms with van der Waals surface area (Å²) in [6, 6.07) is -0.0686. The molecule has 1 saturated heterocycles. The Bertz CT molecular complexity index is 785. The second-order valence-corrected chi connectivity index (χ2v) is 9.78. The average Bonchev–Trinajstić information content (AvgIpc) is 2.98. The molecule has 0 saturated carbocycles. The molecule has 180 valence electrons. The SMILES string of the molecule is COC(=O)/C=C/[C@H](O)[C@H](O)CC/C(C)=C/[C@@H]1C=C(C)[C@H](C)[C@@H]2[C@H](CC(C)C)NC(=O)[C@]21O. The number of esters is 1. The summed E-state index contributed by atoms with van der Waals surface area (Å²) in [6.45, 7) is 10.2. The van der Waals surface area contributed by atoms with E-state index in [4.69, 9.17) is 0 Å². The molecule has 1 fully saturated rings. The zero-order valence-electron chi connectivity index (χ0n) is 20.0. The molecule has 0 aromatic heterocycles. The minimum atomic E-state index is -1.50. The molecule has 1 amide bonds. The zero-order valence-corrected chi connectivity index (χ0v) is 20.0. The monoisotopic (exact) mass is 449 g/mol. The molecule has 4 N–H and O–H groups in total. The van der Waals surface area contributed by atoms with Gasteiger partial charge in [0.25, 0.3) is 5.91 Å². The van der Waals surface area contributed by atoms with Crippen molar-refractivity contribution < 1.29 is 29.6 Å². The summed E-state index contributed by atoms with van der Waals surface area (Å²) >= 11 is 0. The fraction of sp³-hybridized carbons (Fsp3) is 0.680. The summed E-state index contributed by atoms with van der Waals surface area (Å²) in [6.07, 6.45) is 5.48. The molecule has 0 radical (unpaired) electrons. The van der Waals surface area contributed by atoms with Gasteiger partial charge in [-0.3, -0.25) is 4.79 Å². The third-order valence-electron chi connectivity index (χ3n) is 6.88. The first-order valence-corrected chi connectivity index (χ1v) is 11.4. The van der Waals surface area contributed by atoms with Crippen molar-refractivity contribution in [3.63, 3.8) is 0 Å². The van der Waals surface area contributed by atoms with Crippen LogP contribution in [0.25, 0.3) is 0 Å². The maximum absolute atomic E-state index is 12.9. The number of rotatable bonds is 9. The Kier molecular flexibility index (Phi) is 8.85. The number of allylic oxidation sites excluding steroid dienone is 2. The number of ether oxygens (including phenoxy) is 1. The van der Waals surface area contributed by atoms with E-state index in [-0.39, 0.29) is 30.2 Å². The Morgan fingerprint density at radius 2 is 2.00 bits per heavy atom. The average molecular weight is 450 g/mol. The molecule has 0 aromatic carbocycles. The van der Waals surface area contributed by atoms with Crippen LogP contribution in [-0.4, -0.2) is 58.2 Å². The van der Waals surface area contributed by atoms with E-state index in [1.807, 2.05) is 26.0 Å². The number of carbonyl (C=O) groups excluding carboxylic acids is 2. The predicted octanol–water partition coefficient (Wildman–Crippen LogP) is 2.27. The number of fused-ring (bicyclic) bond motifs is 1. The van der Waals surface area contributed by atoms with Gasteiger partial charge in [0, 0.05) is 24.0 Å². The number of methoxy groups -OCH3 is 1. The highest BCUT2D eigenvalue weighted by molar-refractivity contribution is 5.90. The van der Waals surface area contributed by atoms with E-state index in [2.05, 4.69) is 30.8 Å². The summed E-state index contributed by atoms with van der Waals surface area (Å²) in [4.78, 5) is 24.1. The summed E-state index contributed by atoms with van der Waals surface area (Å²) < 4.78 is 4.47. The lowest BCUT2D eigenvalue weighted by Crippen LogP contribution is -2.53. The van der Waals surface area contributed by atoms with Crippen molar-refractivity contribution in [1.82, 2.24) is 5.32 Å². The molecule has 1 aliphatic carbocycles. The maximum atomic E-state index is 12.9. The summed E-state index contributed by atoms with van der Waals surface area (Å²) in [7, 11) is 1.24. The molecular formula is C25H39NO6. The van der Waals surface area contributed by atoms with E-state index < -0.39 is 29.7 Å². The van der Waals surface area contributed by atoms with Gasteiger partial charge in [-0.25, -0.2) is 4.79 Å². The molecule has 32 heavy (non-hydrogen) atoms. The summed E-state index contributed by atoms with van der Waals surface area (Å²) in [5.41, 5.74) is 0.563. The van der Waals surface area contributed by atoms with Crippen molar-refractivity contribution in [2.24, 2.45) is 23.7 Å². The molecule has 1 heterocycles. The second-order valence-electron chi connectivity index (χ2n) is 9.78. The highest BCUT2D eigenvalue weighted by atomic mass is 16.5. The minimum absolute atomic E-state index is 0.0686. The van der Waals surface area contributed by atoms with E-state index >= 15 is 0 Å². The van der Waals surface area contributed by atoms with E-state index in [1.54, 1.807) is 0 Å². The third-order valence-corrected chi connectivity index (χ3v) is 6.88. The lowest BCUT2D eigenvalue weighted by atomic mass is 9.63. The Balaban J connectivity index is 2.15. The molecule has 7 atom stereocenters. The Labute approximate surface area is 191 Å². The van der Waals surface area contributed by atoms with E-state index in [9.17, 15) is 24.9 Å².